The zero-order valence-electron chi connectivity index (χ0n) is 21.7. The van der Waals surface area contributed by atoms with Crippen LogP contribution < -0.4 is 32.3 Å². The molecule has 0 aliphatic heterocycles. The lowest BCUT2D eigenvalue weighted by Crippen LogP contribution is -2.54. The van der Waals surface area contributed by atoms with Crippen LogP contribution in [0.15, 0.2) is 30.3 Å². The van der Waals surface area contributed by atoms with Gasteiger partial charge < -0.3 is 42.2 Å². The van der Waals surface area contributed by atoms with Crippen LogP contribution >= 0.6 is 0 Å². The van der Waals surface area contributed by atoms with Gasteiger partial charge in [-0.2, -0.15) is 0 Å². The van der Waals surface area contributed by atoms with E-state index in [0.29, 0.717) is 5.56 Å². The summed E-state index contributed by atoms with van der Waals surface area (Å²) in [6, 6.07) is 5.57. The summed E-state index contributed by atoms with van der Waals surface area (Å²) in [6.45, 7) is 4.20. The molecule has 14 heteroatoms. The Morgan fingerprint density at radius 3 is 2.11 bits per heavy atom. The van der Waals surface area contributed by atoms with Crippen molar-refractivity contribution in [2.45, 2.75) is 57.7 Å². The minimum Gasteiger partial charge on any atom is -0.480 e. The van der Waals surface area contributed by atoms with Gasteiger partial charge in [0.25, 0.3) is 0 Å². The summed E-state index contributed by atoms with van der Waals surface area (Å²) >= 11 is 0. The molecule has 0 fully saturated rings. The molecule has 0 aliphatic rings. The molecule has 8 N–H and O–H groups in total. The lowest BCUT2D eigenvalue weighted by atomic mass is 10.0. The highest BCUT2D eigenvalue weighted by Crippen LogP contribution is 2.07. The normalized spacial score (nSPS) is 12.3. The molecule has 0 aromatic heterocycles. The number of nitrogens with one attached hydrogen (secondary N) is 5. The van der Waals surface area contributed by atoms with Gasteiger partial charge in [-0.1, -0.05) is 30.3 Å². The third-order valence-corrected chi connectivity index (χ3v) is 4.76. The molecule has 0 heterocycles. The predicted molar refractivity (Wildman–Crippen MR) is 136 cm³/mol. The molecule has 0 unspecified atom stereocenters. The number of hydrogen-bond donors (Lipinski definition) is 7. The first-order valence-electron chi connectivity index (χ1n) is 11.9. The Morgan fingerprint density at radius 1 is 0.895 bits per heavy atom. The average Bonchev–Trinajstić information content (AvgIpc) is 2.82. The van der Waals surface area contributed by atoms with Gasteiger partial charge in [0.15, 0.2) is 0 Å². The van der Waals surface area contributed by atoms with Crippen molar-refractivity contribution in [1.82, 2.24) is 26.6 Å². The largest absolute Gasteiger partial charge is 0.480 e. The Hall–Kier alpha value is -4.36. The van der Waals surface area contributed by atoms with E-state index >= 15 is 0 Å². The number of carbonyl (C=O) groups is 6. The number of ether oxygens (including phenoxy) is 1. The van der Waals surface area contributed by atoms with Crippen molar-refractivity contribution in [3.8, 4) is 0 Å². The second kappa shape index (κ2) is 15.7. The van der Waals surface area contributed by atoms with Crippen molar-refractivity contribution in [1.29, 1.82) is 0 Å². The molecule has 6 amide bonds. The number of alkyl carbamates (subject to hydrolysis) is 1. The number of amides is 6. The number of carboxylic acid groups (broad SMARTS) is 1. The van der Waals surface area contributed by atoms with Gasteiger partial charge in [-0.05, 0) is 39.2 Å². The maximum Gasteiger partial charge on any atom is 0.408 e. The van der Waals surface area contributed by atoms with Crippen LogP contribution in [0.25, 0.3) is 0 Å². The SMILES string of the molecule is CC(C)(C)OC(=O)NCC(=O)NCC(=O)N[C@@H](Cc1ccccc1)C(=O)N[C@@H](CCCNC(N)=O)C(=O)O. The molecule has 210 valence electrons. The number of hydrogen-bond acceptors (Lipinski definition) is 7. The summed E-state index contributed by atoms with van der Waals surface area (Å²) < 4.78 is 5.02. The van der Waals surface area contributed by atoms with Gasteiger partial charge in [-0.3, -0.25) is 14.4 Å². The number of benzene rings is 1. The molecule has 0 saturated heterocycles. The highest BCUT2D eigenvalue weighted by atomic mass is 16.6. The van der Waals surface area contributed by atoms with Crippen LogP contribution in [0.2, 0.25) is 0 Å². The lowest BCUT2D eigenvalue weighted by molar-refractivity contribution is -0.142. The first-order valence-corrected chi connectivity index (χ1v) is 11.9. The smallest absolute Gasteiger partial charge is 0.408 e. The number of carbonyl (C=O) groups excluding carboxylic acids is 5. The van der Waals surface area contributed by atoms with Crippen LogP contribution in [0.5, 0.6) is 0 Å². The van der Waals surface area contributed by atoms with E-state index in [1.807, 2.05) is 0 Å². The fraction of sp³-hybridized carbons (Fsp3) is 0.500. The van der Waals surface area contributed by atoms with Gasteiger partial charge in [-0.25, -0.2) is 14.4 Å². The van der Waals surface area contributed by atoms with Crippen LogP contribution in [0.4, 0.5) is 9.59 Å². The van der Waals surface area contributed by atoms with Gasteiger partial charge in [0.2, 0.25) is 17.7 Å². The third kappa shape index (κ3) is 14.3. The van der Waals surface area contributed by atoms with E-state index in [-0.39, 0.29) is 25.8 Å². The third-order valence-electron chi connectivity index (χ3n) is 4.76. The van der Waals surface area contributed by atoms with E-state index in [1.165, 1.54) is 0 Å². The summed E-state index contributed by atoms with van der Waals surface area (Å²) in [7, 11) is 0. The van der Waals surface area contributed by atoms with E-state index in [9.17, 15) is 33.9 Å². The number of carboxylic acids is 1. The molecule has 0 radical (unpaired) electrons. The minimum absolute atomic E-state index is 0.00800. The van der Waals surface area contributed by atoms with Crippen LogP contribution in [0, 0.1) is 0 Å². The summed E-state index contributed by atoms with van der Waals surface area (Å²) in [5, 5.41) is 21.3. The topological polar surface area (TPSA) is 218 Å². The molecule has 1 aromatic rings. The maximum atomic E-state index is 12.9. The number of primary amides is 1. The highest BCUT2D eigenvalue weighted by molar-refractivity contribution is 5.92. The number of rotatable bonds is 14. The van der Waals surface area contributed by atoms with Gasteiger partial charge >= 0.3 is 18.1 Å². The van der Waals surface area contributed by atoms with E-state index in [2.05, 4.69) is 26.6 Å². The lowest BCUT2D eigenvalue weighted by Gasteiger charge is -2.22. The predicted octanol–water partition coefficient (Wildman–Crippen LogP) is -0.627. The Bertz CT molecular complexity index is 980. The van der Waals surface area contributed by atoms with Crippen LogP contribution in [0.3, 0.4) is 0 Å². The average molecular weight is 537 g/mol. The van der Waals surface area contributed by atoms with E-state index < -0.39 is 66.6 Å². The maximum absolute atomic E-state index is 12.9. The van der Waals surface area contributed by atoms with E-state index in [0.717, 1.165) is 0 Å². The molecule has 0 aliphatic carbocycles. The monoisotopic (exact) mass is 536 g/mol. The molecule has 0 spiro atoms. The Labute approximate surface area is 220 Å². The Morgan fingerprint density at radius 2 is 1.53 bits per heavy atom. The van der Waals surface area contributed by atoms with Crippen molar-refractivity contribution in [3.63, 3.8) is 0 Å². The second-order valence-electron chi connectivity index (χ2n) is 9.27. The molecular weight excluding hydrogens is 500 g/mol. The van der Waals surface area contributed by atoms with Crippen molar-refractivity contribution in [2.24, 2.45) is 5.73 Å². The Kier molecular flexibility index (Phi) is 13.1. The molecule has 0 saturated carbocycles. The summed E-state index contributed by atoms with van der Waals surface area (Å²) in [5.74, 6) is -3.39. The van der Waals surface area contributed by atoms with Gasteiger partial charge in [0.1, 0.15) is 24.2 Å². The standard InChI is InChI=1S/C24H36N6O8/c1-24(2,3)38-23(37)28-13-18(31)27-14-19(32)29-17(12-15-8-5-4-6-9-15)20(33)30-16(21(34)35)10-7-11-26-22(25)36/h4-6,8-9,16-17H,7,10-14H2,1-3H3,(H,27,31)(H,28,37)(H,29,32)(H,30,33)(H,34,35)(H3,25,26,36)/t16-,17-/m0/s1. The number of aliphatic carboxylic acids is 1. The molecule has 2 atom stereocenters. The summed E-state index contributed by atoms with van der Waals surface area (Å²) in [4.78, 5) is 71.4. The molecule has 0 bridgehead atoms. The quantitative estimate of drug-likeness (QED) is 0.151. The number of nitrogens with two attached hydrogens (primary N) is 1. The molecule has 1 aromatic carbocycles. The zero-order valence-corrected chi connectivity index (χ0v) is 21.7. The van der Waals surface area contributed by atoms with E-state index in [4.69, 9.17) is 10.5 Å². The summed E-state index contributed by atoms with van der Waals surface area (Å²) in [5.41, 5.74) is 4.94. The molecule has 38 heavy (non-hydrogen) atoms. The Balaban J connectivity index is 2.72. The van der Waals surface area contributed by atoms with Crippen molar-refractivity contribution in [3.05, 3.63) is 35.9 Å². The molecule has 14 nitrogen and oxygen atoms in total. The van der Waals surface area contributed by atoms with Crippen molar-refractivity contribution >= 4 is 35.8 Å². The van der Waals surface area contributed by atoms with Crippen molar-refractivity contribution in [2.75, 3.05) is 19.6 Å². The first-order chi connectivity index (χ1) is 17.8. The van der Waals surface area contributed by atoms with Crippen LogP contribution in [0.1, 0.15) is 39.2 Å². The fourth-order valence-corrected chi connectivity index (χ4v) is 3.06. The molecule has 1 rings (SSSR count). The van der Waals surface area contributed by atoms with Gasteiger partial charge in [0, 0.05) is 13.0 Å². The zero-order chi connectivity index (χ0) is 28.7. The van der Waals surface area contributed by atoms with E-state index in [1.54, 1.807) is 51.1 Å². The van der Waals surface area contributed by atoms with Gasteiger partial charge in [0.05, 0.1) is 6.54 Å². The van der Waals surface area contributed by atoms with Crippen molar-refractivity contribution < 1.29 is 38.6 Å². The summed E-state index contributed by atoms with van der Waals surface area (Å²) in [6.07, 6.45) is -0.495. The van der Waals surface area contributed by atoms with Gasteiger partial charge in [-0.15, -0.1) is 0 Å². The number of urea groups is 1. The fourth-order valence-electron chi connectivity index (χ4n) is 3.06. The second-order valence-corrected chi connectivity index (χ2v) is 9.27. The highest BCUT2D eigenvalue weighted by Gasteiger charge is 2.27. The molecular formula is C24H36N6O8. The van der Waals surface area contributed by atoms with Crippen LogP contribution in [-0.4, -0.2) is 78.2 Å². The first kappa shape index (κ1) is 31.7. The van der Waals surface area contributed by atoms with Crippen LogP contribution in [-0.2, 0) is 30.3 Å². The minimum atomic E-state index is -1.29.